The third-order valence-corrected chi connectivity index (χ3v) is 1.58. The average Bonchev–Trinajstić information content (AvgIpc) is 2.07. The molecule has 1 aromatic carbocycles. The summed E-state index contributed by atoms with van der Waals surface area (Å²) in [6.07, 6.45) is 0. The van der Waals surface area contributed by atoms with Crippen molar-refractivity contribution in [2.45, 2.75) is 27.7 Å². The number of halogens is 1. The molecular formula is C11H17FO. The van der Waals surface area contributed by atoms with Crippen LogP contribution in [0.5, 0.6) is 5.75 Å². The van der Waals surface area contributed by atoms with Gasteiger partial charge in [0.25, 0.3) is 0 Å². The zero-order valence-corrected chi connectivity index (χ0v) is 8.94. The largest absolute Gasteiger partial charge is 0.493 e. The molecule has 74 valence electrons. The van der Waals surface area contributed by atoms with E-state index in [1.54, 1.807) is 0 Å². The summed E-state index contributed by atoms with van der Waals surface area (Å²) in [5, 5.41) is 0. The Labute approximate surface area is 79.5 Å². The van der Waals surface area contributed by atoms with Crippen LogP contribution in [0, 0.1) is 19.7 Å². The van der Waals surface area contributed by atoms with Crippen LogP contribution in [0.2, 0.25) is 0 Å². The molecule has 13 heavy (non-hydrogen) atoms. The molecule has 0 heterocycles. The number of hydrogen-bond acceptors (Lipinski definition) is 1. The molecular weight excluding hydrogens is 167 g/mol. The molecule has 0 fully saturated rings. The molecule has 1 aromatic rings. The molecule has 0 aliphatic heterocycles. The van der Waals surface area contributed by atoms with E-state index >= 15 is 0 Å². The van der Waals surface area contributed by atoms with Crippen LogP contribution in [0.25, 0.3) is 0 Å². The maximum absolute atomic E-state index is 13.0. The summed E-state index contributed by atoms with van der Waals surface area (Å²) in [5.74, 6) is 0.0561. The van der Waals surface area contributed by atoms with E-state index in [0.29, 0.717) is 5.75 Å². The highest BCUT2D eigenvalue weighted by Gasteiger charge is 2.05. The first-order valence-corrected chi connectivity index (χ1v) is 4.46. The van der Waals surface area contributed by atoms with Gasteiger partial charge >= 0.3 is 0 Å². The quantitative estimate of drug-likeness (QED) is 0.649. The minimum absolute atomic E-state index is 0.287. The second-order valence-electron chi connectivity index (χ2n) is 2.60. The van der Waals surface area contributed by atoms with Gasteiger partial charge in [0.15, 0.2) is 11.6 Å². The Kier molecular flexibility index (Phi) is 5.12. The number of ether oxygens (including phenoxy) is 1. The van der Waals surface area contributed by atoms with Gasteiger partial charge in [-0.25, -0.2) is 4.39 Å². The van der Waals surface area contributed by atoms with Crippen molar-refractivity contribution in [1.82, 2.24) is 0 Å². The maximum atomic E-state index is 13.0. The van der Waals surface area contributed by atoms with Gasteiger partial charge in [-0.2, -0.15) is 0 Å². The molecule has 1 rings (SSSR count). The second-order valence-corrected chi connectivity index (χ2v) is 2.60. The lowest BCUT2D eigenvalue weighted by molar-refractivity contribution is 0.383. The summed E-state index contributed by atoms with van der Waals surface area (Å²) < 4.78 is 17.8. The number of methoxy groups -OCH3 is 1. The van der Waals surface area contributed by atoms with Gasteiger partial charge < -0.3 is 4.74 Å². The topological polar surface area (TPSA) is 9.23 Å². The van der Waals surface area contributed by atoms with Gasteiger partial charge in [-0.3, -0.25) is 0 Å². The van der Waals surface area contributed by atoms with Crippen molar-refractivity contribution >= 4 is 0 Å². The van der Waals surface area contributed by atoms with Crippen molar-refractivity contribution in [2.75, 3.05) is 7.11 Å². The molecule has 0 atom stereocenters. The van der Waals surface area contributed by atoms with Gasteiger partial charge in [0.1, 0.15) is 0 Å². The standard InChI is InChI=1S/C9H11FO.C2H6/c1-6-4-7(2)9(11-3)8(10)5-6;1-2/h4-5H,1-3H3;1-2H3. The van der Waals surface area contributed by atoms with Gasteiger partial charge in [0.05, 0.1) is 7.11 Å². The normalized spacial score (nSPS) is 8.77. The molecule has 0 radical (unpaired) electrons. The summed E-state index contributed by atoms with van der Waals surface area (Å²) in [6, 6.07) is 3.35. The van der Waals surface area contributed by atoms with E-state index in [1.165, 1.54) is 13.2 Å². The first-order valence-electron chi connectivity index (χ1n) is 4.46. The van der Waals surface area contributed by atoms with Gasteiger partial charge in [0, 0.05) is 0 Å². The Hall–Kier alpha value is -1.05. The van der Waals surface area contributed by atoms with Crippen LogP contribution in [0.15, 0.2) is 12.1 Å². The fourth-order valence-electron chi connectivity index (χ4n) is 1.16. The first kappa shape index (κ1) is 11.9. The van der Waals surface area contributed by atoms with E-state index in [1.807, 2.05) is 33.8 Å². The number of rotatable bonds is 1. The smallest absolute Gasteiger partial charge is 0.165 e. The van der Waals surface area contributed by atoms with Crippen LogP contribution in [0.4, 0.5) is 4.39 Å². The highest BCUT2D eigenvalue weighted by Crippen LogP contribution is 2.22. The number of benzene rings is 1. The first-order chi connectivity index (χ1) is 6.15. The molecule has 0 bridgehead atoms. The van der Waals surface area contributed by atoms with Gasteiger partial charge in [-0.15, -0.1) is 0 Å². The van der Waals surface area contributed by atoms with Crippen molar-refractivity contribution in [3.05, 3.63) is 29.1 Å². The van der Waals surface area contributed by atoms with E-state index in [4.69, 9.17) is 4.74 Å². The SMILES string of the molecule is CC.COc1c(C)cc(C)cc1F. The summed E-state index contributed by atoms with van der Waals surface area (Å²) in [6.45, 7) is 7.68. The van der Waals surface area contributed by atoms with Crippen molar-refractivity contribution in [3.8, 4) is 5.75 Å². The van der Waals surface area contributed by atoms with Crippen LogP contribution in [0.1, 0.15) is 25.0 Å². The molecule has 2 heteroatoms. The maximum Gasteiger partial charge on any atom is 0.165 e. The van der Waals surface area contributed by atoms with Gasteiger partial charge in [-0.1, -0.05) is 19.9 Å². The Bertz CT molecular complexity index is 246. The van der Waals surface area contributed by atoms with E-state index in [0.717, 1.165) is 11.1 Å². The van der Waals surface area contributed by atoms with Crippen LogP contribution in [-0.2, 0) is 0 Å². The van der Waals surface area contributed by atoms with Gasteiger partial charge in [-0.05, 0) is 31.0 Å². The fourth-order valence-corrected chi connectivity index (χ4v) is 1.16. The molecule has 0 aliphatic carbocycles. The minimum Gasteiger partial charge on any atom is -0.493 e. The molecule has 0 aliphatic rings. The van der Waals surface area contributed by atoms with Crippen molar-refractivity contribution in [1.29, 1.82) is 0 Å². The summed E-state index contributed by atoms with van der Waals surface area (Å²) in [7, 11) is 1.47. The Morgan fingerprint density at radius 2 is 1.69 bits per heavy atom. The molecule has 0 saturated carbocycles. The van der Waals surface area contributed by atoms with E-state index in [2.05, 4.69) is 0 Å². The van der Waals surface area contributed by atoms with Crippen molar-refractivity contribution in [2.24, 2.45) is 0 Å². The van der Waals surface area contributed by atoms with Crippen LogP contribution >= 0.6 is 0 Å². The fraction of sp³-hybridized carbons (Fsp3) is 0.455. The average molecular weight is 184 g/mol. The lowest BCUT2D eigenvalue weighted by Crippen LogP contribution is -1.92. The highest BCUT2D eigenvalue weighted by molar-refractivity contribution is 5.37. The number of aryl methyl sites for hydroxylation is 2. The van der Waals surface area contributed by atoms with Crippen molar-refractivity contribution < 1.29 is 9.13 Å². The Morgan fingerprint density at radius 3 is 2.08 bits per heavy atom. The zero-order valence-electron chi connectivity index (χ0n) is 8.94. The molecule has 0 N–H and O–H groups in total. The Morgan fingerprint density at radius 1 is 1.15 bits per heavy atom. The van der Waals surface area contributed by atoms with E-state index < -0.39 is 0 Å². The Balaban J connectivity index is 0.000000671. The van der Waals surface area contributed by atoms with Crippen LogP contribution in [-0.4, -0.2) is 7.11 Å². The van der Waals surface area contributed by atoms with Crippen LogP contribution < -0.4 is 4.74 Å². The minimum atomic E-state index is -0.287. The monoisotopic (exact) mass is 184 g/mol. The second kappa shape index (κ2) is 5.57. The molecule has 0 spiro atoms. The summed E-state index contributed by atoms with van der Waals surface area (Å²) in [4.78, 5) is 0. The lowest BCUT2D eigenvalue weighted by Gasteiger charge is -2.05. The van der Waals surface area contributed by atoms with Gasteiger partial charge in [0.2, 0.25) is 0 Å². The predicted octanol–water partition coefficient (Wildman–Crippen LogP) is 3.48. The van der Waals surface area contributed by atoms with Crippen molar-refractivity contribution in [3.63, 3.8) is 0 Å². The molecule has 0 unspecified atom stereocenters. The zero-order chi connectivity index (χ0) is 10.4. The summed E-state index contributed by atoms with van der Waals surface area (Å²) in [5.41, 5.74) is 1.76. The lowest BCUT2D eigenvalue weighted by atomic mass is 10.1. The highest BCUT2D eigenvalue weighted by atomic mass is 19.1. The van der Waals surface area contributed by atoms with E-state index in [9.17, 15) is 4.39 Å². The number of hydrogen-bond donors (Lipinski definition) is 0. The van der Waals surface area contributed by atoms with Crippen LogP contribution in [0.3, 0.4) is 0 Å². The summed E-state index contributed by atoms with van der Waals surface area (Å²) >= 11 is 0. The third kappa shape index (κ3) is 3.05. The molecule has 1 nitrogen and oxygen atoms in total. The van der Waals surface area contributed by atoms with E-state index in [-0.39, 0.29) is 5.82 Å². The molecule has 0 aromatic heterocycles. The predicted molar refractivity (Wildman–Crippen MR) is 53.8 cm³/mol. The third-order valence-electron chi connectivity index (χ3n) is 1.58. The molecule has 0 amide bonds. The molecule has 0 saturated heterocycles.